The quantitative estimate of drug-likeness (QED) is 0.657. The first-order valence-corrected chi connectivity index (χ1v) is 4.49. The summed E-state index contributed by atoms with van der Waals surface area (Å²) in [7, 11) is 0. The van der Waals surface area contributed by atoms with E-state index in [1.54, 1.807) is 0 Å². The molecule has 0 radical (unpaired) electrons. The van der Waals surface area contributed by atoms with Crippen LogP contribution in [0.2, 0.25) is 0 Å². The highest BCUT2D eigenvalue weighted by molar-refractivity contribution is 4.96. The number of hydrogen-bond donors (Lipinski definition) is 1. The van der Waals surface area contributed by atoms with Crippen molar-refractivity contribution in [3.05, 3.63) is 0 Å². The molecule has 11 heavy (non-hydrogen) atoms. The van der Waals surface area contributed by atoms with Crippen molar-refractivity contribution in [2.75, 3.05) is 19.8 Å². The molecule has 0 spiro atoms. The van der Waals surface area contributed by atoms with Gasteiger partial charge in [0, 0.05) is 0 Å². The van der Waals surface area contributed by atoms with Gasteiger partial charge in [-0.15, -0.1) is 0 Å². The van der Waals surface area contributed by atoms with Crippen molar-refractivity contribution in [3.63, 3.8) is 0 Å². The molecule has 64 valence electrons. The van der Waals surface area contributed by atoms with Crippen LogP contribution < -0.4 is 5.32 Å². The van der Waals surface area contributed by atoms with Gasteiger partial charge in [0.25, 0.3) is 0 Å². The zero-order valence-corrected chi connectivity index (χ0v) is 7.39. The summed E-state index contributed by atoms with van der Waals surface area (Å²) < 4.78 is 5.08. The van der Waals surface area contributed by atoms with E-state index in [0.717, 1.165) is 19.1 Å². The van der Waals surface area contributed by atoms with Crippen LogP contribution in [-0.4, -0.2) is 25.8 Å². The molecule has 1 unspecified atom stereocenters. The molecule has 1 aliphatic carbocycles. The lowest BCUT2D eigenvalue weighted by molar-refractivity contribution is -0.00562. The van der Waals surface area contributed by atoms with Gasteiger partial charge in [-0.25, -0.2) is 0 Å². The van der Waals surface area contributed by atoms with E-state index in [-0.39, 0.29) is 0 Å². The fourth-order valence-electron chi connectivity index (χ4n) is 1.59. The fourth-order valence-corrected chi connectivity index (χ4v) is 1.59. The third-order valence-electron chi connectivity index (χ3n) is 3.01. The molecule has 1 saturated carbocycles. The second-order valence-corrected chi connectivity index (χ2v) is 4.53. The predicted octanol–water partition coefficient (Wildman–Crippen LogP) is 1.02. The molecule has 2 rings (SSSR count). The van der Waals surface area contributed by atoms with E-state index in [9.17, 15) is 0 Å². The number of hydrogen-bond acceptors (Lipinski definition) is 2. The van der Waals surface area contributed by atoms with Crippen LogP contribution in [0.5, 0.6) is 0 Å². The Morgan fingerprint density at radius 3 is 2.45 bits per heavy atom. The lowest BCUT2D eigenvalue weighted by atomic mass is 10.1. The van der Waals surface area contributed by atoms with Crippen LogP contribution in [0.1, 0.15) is 20.3 Å². The molecule has 1 saturated heterocycles. The molecule has 0 amide bonds. The van der Waals surface area contributed by atoms with Gasteiger partial charge in [0.1, 0.15) is 0 Å². The van der Waals surface area contributed by atoms with Gasteiger partial charge in [-0.05, 0) is 24.3 Å². The summed E-state index contributed by atoms with van der Waals surface area (Å²) in [4.78, 5) is 0. The van der Waals surface area contributed by atoms with E-state index in [1.807, 2.05) is 0 Å². The summed E-state index contributed by atoms with van der Waals surface area (Å²) in [5.41, 5.74) is 0.623. The number of ether oxygens (including phenoxy) is 1. The number of rotatable bonds is 3. The largest absolute Gasteiger partial charge is 0.378 e. The fraction of sp³-hybridized carbons (Fsp3) is 1.00. The standard InChI is InChI=1S/C9H17NO/c1-9(2)3-7(9)4-10-8-5-11-6-8/h7-8,10H,3-6H2,1-2H3. The van der Waals surface area contributed by atoms with E-state index < -0.39 is 0 Å². The average molecular weight is 155 g/mol. The molecule has 2 fully saturated rings. The molecule has 1 N–H and O–H groups in total. The molecule has 2 nitrogen and oxygen atoms in total. The SMILES string of the molecule is CC1(C)CC1CNC1COC1. The Balaban J connectivity index is 1.61. The summed E-state index contributed by atoms with van der Waals surface area (Å²) in [5.74, 6) is 0.920. The summed E-state index contributed by atoms with van der Waals surface area (Å²) in [5, 5.41) is 3.51. The van der Waals surface area contributed by atoms with Gasteiger partial charge in [-0.3, -0.25) is 0 Å². The van der Waals surface area contributed by atoms with Crippen molar-refractivity contribution >= 4 is 0 Å². The third kappa shape index (κ3) is 1.57. The first-order valence-electron chi connectivity index (χ1n) is 4.49. The predicted molar refractivity (Wildman–Crippen MR) is 44.5 cm³/mol. The van der Waals surface area contributed by atoms with Gasteiger partial charge in [-0.1, -0.05) is 13.8 Å². The van der Waals surface area contributed by atoms with Crippen LogP contribution in [0.15, 0.2) is 0 Å². The van der Waals surface area contributed by atoms with Gasteiger partial charge in [-0.2, -0.15) is 0 Å². The summed E-state index contributed by atoms with van der Waals surface area (Å²) in [6, 6.07) is 0.659. The minimum Gasteiger partial charge on any atom is -0.378 e. The van der Waals surface area contributed by atoms with Gasteiger partial charge in [0.2, 0.25) is 0 Å². The van der Waals surface area contributed by atoms with Gasteiger partial charge in [0.15, 0.2) is 0 Å². The van der Waals surface area contributed by atoms with Crippen LogP contribution in [0.3, 0.4) is 0 Å². The van der Waals surface area contributed by atoms with Gasteiger partial charge in [0.05, 0.1) is 19.3 Å². The molecular formula is C9H17NO. The highest BCUT2D eigenvalue weighted by Gasteiger charge is 2.45. The van der Waals surface area contributed by atoms with Gasteiger partial charge >= 0.3 is 0 Å². The zero-order valence-electron chi connectivity index (χ0n) is 7.39. The topological polar surface area (TPSA) is 21.3 Å². The first kappa shape index (κ1) is 7.56. The van der Waals surface area contributed by atoms with Crippen molar-refractivity contribution in [3.8, 4) is 0 Å². The lowest BCUT2D eigenvalue weighted by Gasteiger charge is -2.27. The molecular weight excluding hydrogens is 138 g/mol. The summed E-state index contributed by atoms with van der Waals surface area (Å²) >= 11 is 0. The van der Waals surface area contributed by atoms with Crippen molar-refractivity contribution in [1.29, 1.82) is 0 Å². The maximum Gasteiger partial charge on any atom is 0.0643 e. The Bertz CT molecular complexity index is 152. The van der Waals surface area contributed by atoms with Crippen LogP contribution in [0.25, 0.3) is 0 Å². The minimum absolute atomic E-state index is 0.623. The van der Waals surface area contributed by atoms with E-state index in [0.29, 0.717) is 11.5 Å². The molecule has 0 bridgehead atoms. The monoisotopic (exact) mass is 155 g/mol. The Morgan fingerprint density at radius 2 is 2.09 bits per heavy atom. The van der Waals surface area contributed by atoms with Crippen LogP contribution in [-0.2, 0) is 4.74 Å². The molecule has 1 heterocycles. The normalized spacial score (nSPS) is 34.9. The Labute approximate surface area is 68.3 Å². The van der Waals surface area contributed by atoms with Crippen LogP contribution in [0, 0.1) is 11.3 Å². The minimum atomic E-state index is 0.623. The Kier molecular flexibility index (Phi) is 1.69. The zero-order chi connectivity index (χ0) is 7.90. The first-order chi connectivity index (χ1) is 5.18. The maximum absolute atomic E-state index is 5.08. The molecule has 2 heteroatoms. The van der Waals surface area contributed by atoms with Crippen molar-refractivity contribution in [2.24, 2.45) is 11.3 Å². The second kappa shape index (κ2) is 2.46. The molecule has 2 aliphatic rings. The van der Waals surface area contributed by atoms with Crippen LogP contribution in [0.4, 0.5) is 0 Å². The Morgan fingerprint density at radius 1 is 1.45 bits per heavy atom. The molecule has 0 aromatic heterocycles. The average Bonchev–Trinajstić information content (AvgIpc) is 2.36. The Hall–Kier alpha value is -0.0800. The highest BCUT2D eigenvalue weighted by atomic mass is 16.5. The smallest absolute Gasteiger partial charge is 0.0643 e. The van der Waals surface area contributed by atoms with E-state index in [4.69, 9.17) is 4.74 Å². The molecule has 1 atom stereocenters. The number of nitrogens with one attached hydrogen (secondary N) is 1. The van der Waals surface area contributed by atoms with Gasteiger partial charge < -0.3 is 10.1 Å². The highest BCUT2D eigenvalue weighted by Crippen LogP contribution is 2.51. The maximum atomic E-state index is 5.08. The lowest BCUT2D eigenvalue weighted by Crippen LogP contribution is -2.46. The summed E-state index contributed by atoms with van der Waals surface area (Å²) in [6.45, 7) is 7.73. The third-order valence-corrected chi connectivity index (χ3v) is 3.01. The van der Waals surface area contributed by atoms with Crippen molar-refractivity contribution in [2.45, 2.75) is 26.3 Å². The molecule has 0 aromatic rings. The van der Waals surface area contributed by atoms with E-state index in [1.165, 1.54) is 13.0 Å². The van der Waals surface area contributed by atoms with Crippen molar-refractivity contribution < 1.29 is 4.74 Å². The van der Waals surface area contributed by atoms with Crippen molar-refractivity contribution in [1.82, 2.24) is 5.32 Å². The molecule has 0 aromatic carbocycles. The van der Waals surface area contributed by atoms with E-state index >= 15 is 0 Å². The van der Waals surface area contributed by atoms with E-state index in [2.05, 4.69) is 19.2 Å². The summed E-state index contributed by atoms with van der Waals surface area (Å²) in [6.07, 6.45) is 1.40. The second-order valence-electron chi connectivity index (χ2n) is 4.53. The molecule has 1 aliphatic heterocycles. The van der Waals surface area contributed by atoms with Crippen LogP contribution >= 0.6 is 0 Å².